The number of carbonyl (C=O) groups is 1. The predicted octanol–water partition coefficient (Wildman–Crippen LogP) is 3.99. The highest BCUT2D eigenvalue weighted by atomic mass is 16.3. The van der Waals surface area contributed by atoms with Crippen molar-refractivity contribution in [3.63, 3.8) is 0 Å². The lowest BCUT2D eigenvalue weighted by molar-refractivity contribution is -0.123. The van der Waals surface area contributed by atoms with Crippen LogP contribution in [-0.2, 0) is 23.1 Å². The van der Waals surface area contributed by atoms with E-state index in [1.165, 1.54) is 16.7 Å². The fourth-order valence-corrected chi connectivity index (χ4v) is 4.71. The van der Waals surface area contributed by atoms with Gasteiger partial charge in [-0.25, -0.2) is 0 Å². The summed E-state index contributed by atoms with van der Waals surface area (Å²) in [5.74, 6) is 1.18. The van der Waals surface area contributed by atoms with Crippen LogP contribution < -0.4 is 0 Å². The first-order chi connectivity index (χ1) is 11.2. The van der Waals surface area contributed by atoms with Crippen molar-refractivity contribution in [1.82, 2.24) is 0 Å². The number of hydrogen-bond acceptors (Lipinski definition) is 2. The molecule has 2 aromatic carbocycles. The maximum atomic E-state index is 12.0. The molecular formula is C21H21O2. The summed E-state index contributed by atoms with van der Waals surface area (Å²) < 4.78 is 0. The molecule has 0 amide bonds. The topological polar surface area (TPSA) is 37.3 Å². The van der Waals surface area contributed by atoms with Crippen molar-refractivity contribution in [3.8, 4) is 5.75 Å². The first kappa shape index (κ1) is 14.5. The number of fused-ring (bicyclic) bond motifs is 3. The normalized spacial score (nSPS) is 26.4. The van der Waals surface area contributed by atoms with Gasteiger partial charge in [0.2, 0.25) is 0 Å². The maximum Gasteiger partial charge on any atom is 0.133 e. The van der Waals surface area contributed by atoms with E-state index in [-0.39, 0.29) is 5.41 Å². The summed E-state index contributed by atoms with van der Waals surface area (Å²) in [5.41, 5.74) is 3.96. The number of rotatable bonds is 2. The van der Waals surface area contributed by atoms with Gasteiger partial charge in [-0.1, -0.05) is 30.3 Å². The Morgan fingerprint density at radius 2 is 2.00 bits per heavy atom. The Morgan fingerprint density at radius 1 is 1.17 bits per heavy atom. The molecule has 1 saturated carbocycles. The maximum absolute atomic E-state index is 12.0. The molecule has 2 heteroatoms. The molecule has 2 aromatic rings. The zero-order chi connectivity index (χ0) is 15.9. The first-order valence-electron chi connectivity index (χ1n) is 8.46. The summed E-state index contributed by atoms with van der Waals surface area (Å²) in [6.45, 7) is 0. The third-order valence-electron chi connectivity index (χ3n) is 5.80. The summed E-state index contributed by atoms with van der Waals surface area (Å²) in [4.78, 5) is 12.0. The van der Waals surface area contributed by atoms with Gasteiger partial charge >= 0.3 is 0 Å². The smallest absolute Gasteiger partial charge is 0.133 e. The number of phenols is 1. The Bertz CT molecular complexity index is 735. The molecule has 0 bridgehead atoms. The third-order valence-corrected chi connectivity index (χ3v) is 5.80. The van der Waals surface area contributed by atoms with Crippen LogP contribution in [0.5, 0.6) is 5.75 Å². The van der Waals surface area contributed by atoms with Crippen LogP contribution in [0.25, 0.3) is 0 Å². The Hall–Kier alpha value is -2.09. The van der Waals surface area contributed by atoms with Gasteiger partial charge in [0.15, 0.2) is 0 Å². The monoisotopic (exact) mass is 305 g/mol. The van der Waals surface area contributed by atoms with Crippen molar-refractivity contribution in [2.45, 2.75) is 43.9 Å². The Kier molecular flexibility index (Phi) is 3.48. The van der Waals surface area contributed by atoms with Crippen LogP contribution in [-0.4, -0.2) is 10.9 Å². The average molecular weight is 305 g/mol. The van der Waals surface area contributed by atoms with Gasteiger partial charge in [-0.15, -0.1) is 0 Å². The van der Waals surface area contributed by atoms with Crippen LogP contribution in [0, 0.1) is 12.0 Å². The summed E-state index contributed by atoms with van der Waals surface area (Å²) in [7, 11) is 0. The summed E-state index contributed by atoms with van der Waals surface area (Å²) in [6.07, 6.45) is 5.28. The Balaban J connectivity index is 1.82. The van der Waals surface area contributed by atoms with E-state index >= 15 is 0 Å². The van der Waals surface area contributed by atoms with Crippen molar-refractivity contribution in [2.24, 2.45) is 5.92 Å². The van der Waals surface area contributed by atoms with E-state index in [0.29, 0.717) is 30.3 Å². The highest BCUT2D eigenvalue weighted by Gasteiger charge is 2.47. The number of hydrogen-bond donors (Lipinski definition) is 1. The van der Waals surface area contributed by atoms with Gasteiger partial charge in [0.1, 0.15) is 11.5 Å². The van der Waals surface area contributed by atoms with Gasteiger partial charge in [-0.05, 0) is 66.5 Å². The molecule has 2 aliphatic carbocycles. The standard InChI is InChI=1S/C21H21O2/c22-18-8-9-20-16(12-18)6-7-17-13-19(23)10-11-21(17,20)14-15-4-2-1-3-5-15/h2-5,8-9,12,17,22H,6-7,10-11,13-14H2. The summed E-state index contributed by atoms with van der Waals surface area (Å²) in [5, 5.41) is 9.84. The largest absolute Gasteiger partial charge is 0.508 e. The molecule has 0 spiro atoms. The molecule has 0 saturated heterocycles. The van der Waals surface area contributed by atoms with Crippen LogP contribution in [0.3, 0.4) is 0 Å². The lowest BCUT2D eigenvalue weighted by Gasteiger charge is -2.48. The van der Waals surface area contributed by atoms with Crippen molar-refractivity contribution in [1.29, 1.82) is 0 Å². The second kappa shape index (κ2) is 5.52. The van der Waals surface area contributed by atoms with Crippen molar-refractivity contribution < 1.29 is 9.90 Å². The predicted molar refractivity (Wildman–Crippen MR) is 89.4 cm³/mol. The first-order valence-corrected chi connectivity index (χ1v) is 8.46. The zero-order valence-corrected chi connectivity index (χ0v) is 13.2. The van der Waals surface area contributed by atoms with E-state index in [2.05, 4.69) is 24.3 Å². The molecule has 2 nitrogen and oxygen atoms in total. The van der Waals surface area contributed by atoms with Crippen LogP contribution in [0.2, 0.25) is 0 Å². The van der Waals surface area contributed by atoms with Gasteiger partial charge in [-0.2, -0.15) is 0 Å². The molecule has 1 fully saturated rings. The molecule has 1 N–H and O–H groups in total. The van der Waals surface area contributed by atoms with E-state index in [1.807, 2.05) is 18.2 Å². The van der Waals surface area contributed by atoms with Gasteiger partial charge in [0.05, 0.1) is 0 Å². The van der Waals surface area contributed by atoms with Gasteiger partial charge < -0.3 is 5.11 Å². The minimum atomic E-state index is 0.0382. The number of aromatic hydroxyl groups is 1. The van der Waals surface area contributed by atoms with Gasteiger partial charge in [-0.3, -0.25) is 4.79 Å². The second-order valence-corrected chi connectivity index (χ2v) is 7.06. The van der Waals surface area contributed by atoms with Crippen LogP contribution in [0.1, 0.15) is 42.4 Å². The van der Waals surface area contributed by atoms with E-state index in [1.54, 1.807) is 6.07 Å². The average Bonchev–Trinajstić information content (AvgIpc) is 2.56. The molecule has 1 radical (unpaired) electrons. The number of phenolic OH excluding ortho intramolecular Hbond substituents is 1. The van der Waals surface area contributed by atoms with Crippen LogP contribution in [0.15, 0.2) is 42.5 Å². The van der Waals surface area contributed by atoms with Crippen molar-refractivity contribution in [2.75, 3.05) is 0 Å². The third kappa shape index (κ3) is 2.46. The van der Waals surface area contributed by atoms with E-state index in [4.69, 9.17) is 0 Å². The molecule has 2 aliphatic rings. The summed E-state index contributed by atoms with van der Waals surface area (Å²) >= 11 is 0. The quantitative estimate of drug-likeness (QED) is 0.911. The number of Topliss-reactive ketones (excluding diaryl/α,β-unsaturated/α-hetero) is 1. The molecule has 117 valence electrons. The molecule has 0 aliphatic heterocycles. The Morgan fingerprint density at radius 3 is 2.83 bits per heavy atom. The number of aryl methyl sites for hydroxylation is 1. The lowest BCUT2D eigenvalue weighted by Crippen LogP contribution is -2.45. The Labute approximate surface area is 137 Å². The number of ketones is 1. The summed E-state index contributed by atoms with van der Waals surface area (Å²) in [6, 6.07) is 17.1. The fraction of sp³-hybridized carbons (Fsp3) is 0.381. The molecule has 0 heterocycles. The molecular weight excluding hydrogens is 284 g/mol. The molecule has 2 unspecified atom stereocenters. The fourth-order valence-electron chi connectivity index (χ4n) is 4.71. The van der Waals surface area contributed by atoms with E-state index < -0.39 is 0 Å². The van der Waals surface area contributed by atoms with Crippen molar-refractivity contribution >= 4 is 5.78 Å². The van der Waals surface area contributed by atoms with Gasteiger partial charge in [0.25, 0.3) is 0 Å². The minimum absolute atomic E-state index is 0.0382. The minimum Gasteiger partial charge on any atom is -0.508 e. The lowest BCUT2D eigenvalue weighted by atomic mass is 9.55. The van der Waals surface area contributed by atoms with E-state index in [0.717, 1.165) is 25.7 Å². The second-order valence-electron chi connectivity index (χ2n) is 7.06. The SMILES string of the molecule is O=C1CCC2(Cc3cc[c]cc3)c3ccc(O)cc3CCC2C1. The van der Waals surface area contributed by atoms with E-state index in [9.17, 15) is 9.90 Å². The highest BCUT2D eigenvalue weighted by Crippen LogP contribution is 2.51. The number of carbonyl (C=O) groups excluding carboxylic acids is 1. The highest BCUT2D eigenvalue weighted by molar-refractivity contribution is 5.80. The van der Waals surface area contributed by atoms with Gasteiger partial charge in [0, 0.05) is 18.3 Å². The van der Waals surface area contributed by atoms with Crippen LogP contribution >= 0.6 is 0 Å². The zero-order valence-electron chi connectivity index (χ0n) is 13.2. The molecule has 0 aromatic heterocycles. The molecule has 23 heavy (non-hydrogen) atoms. The number of benzene rings is 2. The molecule has 2 atom stereocenters. The van der Waals surface area contributed by atoms with Crippen LogP contribution in [0.4, 0.5) is 0 Å². The molecule has 4 rings (SSSR count). The van der Waals surface area contributed by atoms with Crippen molar-refractivity contribution in [3.05, 3.63) is 65.2 Å².